The van der Waals surface area contributed by atoms with Gasteiger partial charge in [-0.1, -0.05) is 24.3 Å². The third-order valence-electron chi connectivity index (χ3n) is 6.04. The Balaban J connectivity index is 1.53. The zero-order valence-corrected chi connectivity index (χ0v) is 18.7. The Kier molecular flexibility index (Phi) is 7.26. The highest BCUT2D eigenvalue weighted by Gasteiger charge is 2.34. The van der Waals surface area contributed by atoms with Crippen LogP contribution in [0, 0.1) is 0 Å². The number of carbonyl (C=O) groups excluding carboxylic acids is 1. The summed E-state index contributed by atoms with van der Waals surface area (Å²) < 4.78 is 42.8. The minimum atomic E-state index is -4.56. The van der Waals surface area contributed by atoms with Gasteiger partial charge in [-0.25, -0.2) is 9.97 Å². The van der Waals surface area contributed by atoms with Gasteiger partial charge in [0, 0.05) is 18.8 Å². The Labute approximate surface area is 195 Å². The van der Waals surface area contributed by atoms with Crippen LogP contribution in [-0.2, 0) is 36.7 Å². The Morgan fingerprint density at radius 1 is 1.12 bits per heavy atom. The third-order valence-corrected chi connectivity index (χ3v) is 6.04. The molecule has 3 N–H and O–H groups in total. The van der Waals surface area contributed by atoms with Crippen LogP contribution in [0.2, 0.25) is 0 Å². The number of aromatic nitrogens is 4. The van der Waals surface area contributed by atoms with E-state index in [9.17, 15) is 18.0 Å². The first-order chi connectivity index (χ1) is 16.3. The average Bonchev–Trinajstić information content (AvgIpc) is 3.26. The second-order valence-electron chi connectivity index (χ2n) is 8.54. The second kappa shape index (κ2) is 10.3. The molecule has 34 heavy (non-hydrogen) atoms. The molecule has 0 unspecified atom stereocenters. The first-order valence-corrected chi connectivity index (χ1v) is 11.3. The monoisotopic (exact) mass is 472 g/mol. The molecule has 0 radical (unpaired) electrons. The number of hydrogen-bond acceptors (Lipinski definition) is 5. The van der Waals surface area contributed by atoms with Crippen LogP contribution >= 0.6 is 0 Å². The maximum absolute atomic E-state index is 13.6. The van der Waals surface area contributed by atoms with E-state index in [4.69, 9.17) is 5.73 Å². The molecule has 1 fully saturated rings. The number of halogens is 3. The number of primary amides is 1. The molecule has 0 saturated carbocycles. The van der Waals surface area contributed by atoms with Crippen LogP contribution in [0.15, 0.2) is 42.9 Å². The SMILES string of the molecule is NC(=O)Cc1ccccc1CCc1nc(Cc2cnn(C3CCNCC3)c2)ncc1C(F)(F)F. The van der Waals surface area contributed by atoms with E-state index in [0.29, 0.717) is 30.3 Å². The zero-order chi connectivity index (χ0) is 24.1. The van der Waals surface area contributed by atoms with E-state index < -0.39 is 17.6 Å². The topological polar surface area (TPSA) is 98.7 Å². The predicted octanol–water partition coefficient (Wildman–Crippen LogP) is 3.02. The minimum Gasteiger partial charge on any atom is -0.369 e. The molecule has 1 aliphatic rings. The van der Waals surface area contributed by atoms with Crippen molar-refractivity contribution in [3.63, 3.8) is 0 Å². The number of amides is 1. The van der Waals surface area contributed by atoms with Crippen molar-refractivity contribution in [1.29, 1.82) is 0 Å². The molecule has 1 saturated heterocycles. The van der Waals surface area contributed by atoms with E-state index >= 15 is 0 Å². The number of nitrogens with zero attached hydrogens (tertiary/aromatic N) is 4. The van der Waals surface area contributed by atoms with Crippen molar-refractivity contribution in [1.82, 2.24) is 25.1 Å². The number of alkyl halides is 3. The number of aryl methyl sites for hydroxylation is 2. The molecule has 0 atom stereocenters. The van der Waals surface area contributed by atoms with Gasteiger partial charge in [-0.05, 0) is 55.5 Å². The molecule has 0 spiro atoms. The molecule has 7 nitrogen and oxygen atoms in total. The molecule has 1 amide bonds. The van der Waals surface area contributed by atoms with E-state index in [1.165, 1.54) is 0 Å². The number of rotatable bonds is 8. The van der Waals surface area contributed by atoms with Gasteiger partial charge in [0.05, 0.1) is 29.9 Å². The summed E-state index contributed by atoms with van der Waals surface area (Å²) >= 11 is 0. The molecular weight excluding hydrogens is 445 g/mol. The largest absolute Gasteiger partial charge is 0.419 e. The maximum atomic E-state index is 13.6. The minimum absolute atomic E-state index is 0.0401. The number of nitrogens with two attached hydrogens (primary N) is 1. The lowest BCUT2D eigenvalue weighted by Gasteiger charge is -2.22. The predicted molar refractivity (Wildman–Crippen MR) is 120 cm³/mol. The zero-order valence-electron chi connectivity index (χ0n) is 18.7. The van der Waals surface area contributed by atoms with Crippen LogP contribution in [0.4, 0.5) is 13.2 Å². The fourth-order valence-corrected chi connectivity index (χ4v) is 4.31. The highest BCUT2D eigenvalue weighted by Crippen LogP contribution is 2.32. The summed E-state index contributed by atoms with van der Waals surface area (Å²) in [6.45, 7) is 1.88. The van der Waals surface area contributed by atoms with Gasteiger partial charge in [-0.3, -0.25) is 9.48 Å². The van der Waals surface area contributed by atoms with Crippen LogP contribution in [-0.4, -0.2) is 38.7 Å². The van der Waals surface area contributed by atoms with Crippen molar-refractivity contribution >= 4 is 5.91 Å². The van der Waals surface area contributed by atoms with E-state index in [1.807, 2.05) is 10.9 Å². The molecule has 180 valence electrons. The summed E-state index contributed by atoms with van der Waals surface area (Å²) in [4.78, 5) is 19.6. The molecule has 0 aliphatic carbocycles. The molecule has 1 aromatic carbocycles. The van der Waals surface area contributed by atoms with Crippen LogP contribution in [0.1, 0.15) is 52.7 Å². The van der Waals surface area contributed by atoms with Crippen molar-refractivity contribution in [3.05, 3.63) is 76.6 Å². The first-order valence-electron chi connectivity index (χ1n) is 11.3. The van der Waals surface area contributed by atoms with E-state index in [0.717, 1.165) is 43.3 Å². The van der Waals surface area contributed by atoms with Crippen LogP contribution in [0.25, 0.3) is 0 Å². The van der Waals surface area contributed by atoms with Gasteiger partial charge in [0.15, 0.2) is 0 Å². The van der Waals surface area contributed by atoms with Crippen molar-refractivity contribution in [3.8, 4) is 0 Å². The van der Waals surface area contributed by atoms with Crippen molar-refractivity contribution in [2.24, 2.45) is 5.73 Å². The standard InChI is InChI=1S/C24H27F3N6O/c25-24(26,27)20-14-30-23(11-16-13-31-33(15-16)19-7-9-29-10-8-19)32-21(20)6-5-17-3-1-2-4-18(17)12-22(28)34/h1-4,13-15,19,29H,5-12H2,(H2,28,34). The Morgan fingerprint density at radius 3 is 2.56 bits per heavy atom. The van der Waals surface area contributed by atoms with Crippen LogP contribution < -0.4 is 11.1 Å². The van der Waals surface area contributed by atoms with Crippen LogP contribution in [0.3, 0.4) is 0 Å². The summed E-state index contributed by atoms with van der Waals surface area (Å²) in [5, 5.41) is 7.76. The lowest BCUT2D eigenvalue weighted by molar-refractivity contribution is -0.138. The molecule has 3 heterocycles. The molecule has 4 rings (SSSR count). The Hall–Kier alpha value is -3.27. The van der Waals surface area contributed by atoms with Crippen LogP contribution in [0.5, 0.6) is 0 Å². The smallest absolute Gasteiger partial charge is 0.369 e. The lowest BCUT2D eigenvalue weighted by atomic mass is 9.98. The number of carbonyl (C=O) groups is 1. The van der Waals surface area contributed by atoms with Gasteiger partial charge in [0.1, 0.15) is 5.82 Å². The summed E-state index contributed by atoms with van der Waals surface area (Å²) in [5.41, 5.74) is 6.75. The number of piperidine rings is 1. The highest BCUT2D eigenvalue weighted by molar-refractivity contribution is 5.77. The number of benzene rings is 1. The van der Waals surface area contributed by atoms with E-state index in [1.54, 1.807) is 30.5 Å². The van der Waals surface area contributed by atoms with Gasteiger partial charge in [0.2, 0.25) is 5.91 Å². The second-order valence-corrected chi connectivity index (χ2v) is 8.54. The van der Waals surface area contributed by atoms with Crippen molar-refractivity contribution in [2.45, 2.75) is 50.7 Å². The quantitative estimate of drug-likeness (QED) is 0.525. The highest BCUT2D eigenvalue weighted by atomic mass is 19.4. The van der Waals surface area contributed by atoms with Gasteiger partial charge in [0.25, 0.3) is 0 Å². The van der Waals surface area contributed by atoms with Gasteiger partial charge in [-0.15, -0.1) is 0 Å². The summed E-state index contributed by atoms with van der Waals surface area (Å²) in [6, 6.07) is 7.43. The molecule has 1 aliphatic heterocycles. The van der Waals surface area contributed by atoms with Gasteiger partial charge in [-0.2, -0.15) is 18.3 Å². The third kappa shape index (κ3) is 5.99. The van der Waals surface area contributed by atoms with E-state index in [-0.39, 0.29) is 18.5 Å². The first kappa shape index (κ1) is 23.9. The lowest BCUT2D eigenvalue weighted by Crippen LogP contribution is -2.29. The number of nitrogens with one attached hydrogen (secondary N) is 1. The maximum Gasteiger partial charge on any atom is 0.419 e. The van der Waals surface area contributed by atoms with Gasteiger partial charge < -0.3 is 11.1 Å². The average molecular weight is 473 g/mol. The van der Waals surface area contributed by atoms with Crippen molar-refractivity contribution < 1.29 is 18.0 Å². The summed E-state index contributed by atoms with van der Waals surface area (Å²) in [6.07, 6.45) is 2.64. The number of hydrogen-bond donors (Lipinski definition) is 2. The van der Waals surface area contributed by atoms with E-state index in [2.05, 4.69) is 20.4 Å². The van der Waals surface area contributed by atoms with Gasteiger partial charge >= 0.3 is 6.18 Å². The molecule has 3 aromatic rings. The Morgan fingerprint density at radius 2 is 1.85 bits per heavy atom. The molecule has 0 bridgehead atoms. The Bertz CT molecular complexity index is 1140. The van der Waals surface area contributed by atoms with Crippen molar-refractivity contribution in [2.75, 3.05) is 13.1 Å². The molecule has 2 aromatic heterocycles. The summed E-state index contributed by atoms with van der Waals surface area (Å²) in [5.74, 6) is -0.170. The normalized spacial score (nSPS) is 14.9. The molecule has 10 heteroatoms. The molecular formula is C24H27F3N6O. The fraction of sp³-hybridized carbons (Fsp3) is 0.417. The fourth-order valence-electron chi connectivity index (χ4n) is 4.31. The summed E-state index contributed by atoms with van der Waals surface area (Å²) in [7, 11) is 0.